The quantitative estimate of drug-likeness (QED) is 0.152. The predicted octanol–water partition coefficient (Wildman–Crippen LogP) is 11.2. The number of thioether (sulfide) groups is 4. The third kappa shape index (κ3) is 5.57. The monoisotopic (exact) mass is 754 g/mol. The van der Waals surface area contributed by atoms with Gasteiger partial charge in [-0.15, -0.1) is 0 Å². The van der Waals surface area contributed by atoms with E-state index in [0.717, 1.165) is 35.8 Å². The molecule has 258 valence electrons. The molecule has 8 heteroatoms. The van der Waals surface area contributed by atoms with Crippen molar-refractivity contribution >= 4 is 47.0 Å². The summed E-state index contributed by atoms with van der Waals surface area (Å²) in [6.45, 7) is 1.81. The Morgan fingerprint density at radius 2 is 0.750 bits per heavy atom. The van der Waals surface area contributed by atoms with E-state index >= 15 is 0 Å². The molecule has 0 saturated carbocycles. The average Bonchev–Trinajstić information content (AvgIpc) is 3.79. The van der Waals surface area contributed by atoms with Crippen LogP contribution in [0.25, 0.3) is 0 Å². The standard InChI is InChI=1S/C44H34O4S4/c1-2-12-40-39(11-1)49-43(50-40)31-15-19-33(20-16-31)45-23-25-47-37-9-5-7-29-27-30-8-6-10-38(36(30)28-35(29)37)48-26-24-46-34-21-17-32(18-22-34)44(43)51-41-13-3-4-14-42(41)52-44/h1-22H,23-28H2. The Morgan fingerprint density at radius 1 is 0.365 bits per heavy atom. The Bertz CT molecular complexity index is 2080. The van der Waals surface area contributed by atoms with E-state index < -0.39 is 8.16 Å². The van der Waals surface area contributed by atoms with E-state index in [4.69, 9.17) is 18.9 Å². The van der Waals surface area contributed by atoms with Gasteiger partial charge in [0, 0.05) is 37.1 Å². The van der Waals surface area contributed by atoms with Crippen molar-refractivity contribution in [2.24, 2.45) is 0 Å². The summed E-state index contributed by atoms with van der Waals surface area (Å²) in [4.78, 5) is 5.22. The molecule has 6 bridgehead atoms. The van der Waals surface area contributed by atoms with Crippen LogP contribution in [0.3, 0.4) is 0 Å². The van der Waals surface area contributed by atoms with E-state index in [1.165, 1.54) is 53.0 Å². The Balaban J connectivity index is 1.04. The second-order valence-corrected chi connectivity index (χ2v) is 18.7. The lowest BCUT2D eigenvalue weighted by molar-refractivity contribution is 0.214. The Labute approximate surface area is 321 Å². The van der Waals surface area contributed by atoms with Crippen LogP contribution in [0.5, 0.6) is 23.0 Å². The van der Waals surface area contributed by atoms with Gasteiger partial charge in [-0.2, -0.15) is 0 Å². The van der Waals surface area contributed by atoms with E-state index in [0.29, 0.717) is 26.4 Å². The van der Waals surface area contributed by atoms with Crippen molar-refractivity contribution in [3.63, 3.8) is 0 Å². The molecule has 4 nitrogen and oxygen atoms in total. The lowest BCUT2D eigenvalue weighted by atomic mass is 9.85. The summed E-state index contributed by atoms with van der Waals surface area (Å²) >= 11 is 7.87. The van der Waals surface area contributed by atoms with E-state index in [1.807, 2.05) is 47.0 Å². The maximum absolute atomic E-state index is 6.40. The van der Waals surface area contributed by atoms with Crippen molar-refractivity contribution in [3.05, 3.63) is 167 Å². The first-order valence-electron chi connectivity index (χ1n) is 17.6. The molecule has 0 N–H and O–H groups in total. The molecule has 52 heavy (non-hydrogen) atoms. The second kappa shape index (κ2) is 13.4. The van der Waals surface area contributed by atoms with Gasteiger partial charge >= 0.3 is 0 Å². The van der Waals surface area contributed by atoms with Gasteiger partial charge in [0.1, 0.15) is 57.6 Å². The summed E-state index contributed by atoms with van der Waals surface area (Å²) in [5.74, 6) is 3.50. The summed E-state index contributed by atoms with van der Waals surface area (Å²) in [6, 6.07) is 48.0. The van der Waals surface area contributed by atoms with Gasteiger partial charge in [0.2, 0.25) is 0 Å². The first kappa shape index (κ1) is 32.6. The summed E-state index contributed by atoms with van der Waals surface area (Å²) in [6.07, 6.45) is 1.63. The molecule has 0 fully saturated rings. The molecule has 0 radical (unpaired) electrons. The Morgan fingerprint density at radius 3 is 1.15 bits per heavy atom. The van der Waals surface area contributed by atoms with Crippen LogP contribution in [0.2, 0.25) is 0 Å². The summed E-state index contributed by atoms with van der Waals surface area (Å²) in [5.41, 5.74) is 7.55. The highest BCUT2D eigenvalue weighted by Gasteiger charge is 2.62. The zero-order valence-electron chi connectivity index (χ0n) is 28.2. The zero-order chi connectivity index (χ0) is 34.5. The summed E-state index contributed by atoms with van der Waals surface area (Å²) in [5, 5.41) is 0. The fourth-order valence-electron chi connectivity index (χ4n) is 7.55. The lowest BCUT2D eigenvalue weighted by Crippen LogP contribution is -2.37. The van der Waals surface area contributed by atoms with Crippen molar-refractivity contribution in [3.8, 4) is 23.0 Å². The van der Waals surface area contributed by atoms with Crippen LogP contribution in [0.4, 0.5) is 0 Å². The molecule has 5 aliphatic heterocycles. The minimum Gasteiger partial charge on any atom is -0.490 e. The van der Waals surface area contributed by atoms with Crippen LogP contribution < -0.4 is 18.9 Å². The van der Waals surface area contributed by atoms with E-state index in [-0.39, 0.29) is 0 Å². The highest BCUT2D eigenvalue weighted by atomic mass is 32.2. The fourth-order valence-corrected chi connectivity index (χ4v) is 15.0. The van der Waals surface area contributed by atoms with Gasteiger partial charge in [-0.05, 0) is 89.3 Å². The normalized spacial score (nSPS) is 17.8. The van der Waals surface area contributed by atoms with E-state index in [2.05, 4.69) is 133 Å². The Kier molecular flexibility index (Phi) is 8.39. The summed E-state index contributed by atoms with van der Waals surface area (Å²) < 4.78 is 24.6. The van der Waals surface area contributed by atoms with Crippen LogP contribution in [-0.2, 0) is 21.0 Å². The SMILES string of the molecule is c1cc2c3c(c1)OCCOc1ccc(cc1)C1(Sc4ccccc4S1)C1(Sc4ccccc4S1)c1ccc(cc1)OCCOc1cccc(c1C3)C2. The molecule has 5 heterocycles. The van der Waals surface area contributed by atoms with Crippen LogP contribution >= 0.6 is 47.0 Å². The van der Waals surface area contributed by atoms with Crippen LogP contribution in [0, 0.1) is 0 Å². The van der Waals surface area contributed by atoms with Crippen molar-refractivity contribution in [1.82, 2.24) is 0 Å². The van der Waals surface area contributed by atoms with E-state index in [9.17, 15) is 0 Å². The fraction of sp³-hybridized carbons (Fsp3) is 0.182. The second-order valence-electron chi connectivity index (χ2n) is 13.1. The number of hydrogen-bond acceptors (Lipinski definition) is 8. The van der Waals surface area contributed by atoms with Crippen LogP contribution in [0.15, 0.2) is 153 Å². The van der Waals surface area contributed by atoms with Gasteiger partial charge in [0.05, 0.1) is 0 Å². The maximum atomic E-state index is 6.40. The number of hydrogen-bond donors (Lipinski definition) is 0. The van der Waals surface area contributed by atoms with Gasteiger partial charge in [0.15, 0.2) is 0 Å². The van der Waals surface area contributed by atoms with Gasteiger partial charge in [0.25, 0.3) is 0 Å². The smallest absolute Gasteiger partial charge is 0.124 e. The number of benzene rings is 6. The molecule has 6 aromatic rings. The third-order valence-electron chi connectivity index (χ3n) is 10.0. The van der Waals surface area contributed by atoms with Crippen molar-refractivity contribution in [2.45, 2.75) is 40.6 Å². The molecule has 6 aliphatic rings. The minimum atomic E-state index is -0.391. The molecular weight excluding hydrogens is 721 g/mol. The van der Waals surface area contributed by atoms with Gasteiger partial charge in [-0.1, -0.05) is 120 Å². The lowest BCUT2D eigenvalue weighted by Gasteiger charge is -2.44. The topological polar surface area (TPSA) is 36.9 Å². The highest BCUT2D eigenvalue weighted by molar-refractivity contribution is 8.26. The maximum Gasteiger partial charge on any atom is 0.124 e. The highest BCUT2D eigenvalue weighted by Crippen LogP contribution is 2.79. The van der Waals surface area contributed by atoms with Crippen LogP contribution in [0.1, 0.15) is 33.4 Å². The predicted molar refractivity (Wildman–Crippen MR) is 213 cm³/mol. The number of fused-ring (bicyclic) bond motifs is 4. The third-order valence-corrected chi connectivity index (χ3v) is 17.4. The number of rotatable bonds is 0. The number of ether oxygens (including phenoxy) is 4. The molecule has 0 saturated heterocycles. The molecule has 6 aromatic carbocycles. The summed E-state index contributed by atoms with van der Waals surface area (Å²) in [7, 11) is 0. The Hall–Kier alpha value is -4.08. The first-order chi connectivity index (χ1) is 25.7. The van der Waals surface area contributed by atoms with Crippen molar-refractivity contribution < 1.29 is 18.9 Å². The molecule has 0 amide bonds. The zero-order valence-corrected chi connectivity index (χ0v) is 31.5. The molecule has 2 spiro atoms. The first-order valence-corrected chi connectivity index (χ1v) is 20.8. The van der Waals surface area contributed by atoms with Crippen molar-refractivity contribution in [2.75, 3.05) is 26.4 Å². The molecule has 12 rings (SSSR count). The van der Waals surface area contributed by atoms with Crippen molar-refractivity contribution in [1.29, 1.82) is 0 Å². The van der Waals surface area contributed by atoms with Gasteiger partial charge in [-0.3, -0.25) is 0 Å². The largest absolute Gasteiger partial charge is 0.490 e. The van der Waals surface area contributed by atoms with Gasteiger partial charge < -0.3 is 18.9 Å². The van der Waals surface area contributed by atoms with Gasteiger partial charge in [-0.25, -0.2) is 0 Å². The molecular formula is C44H34O4S4. The molecule has 0 atom stereocenters. The minimum absolute atomic E-state index is 0.391. The molecule has 0 unspecified atom stereocenters. The van der Waals surface area contributed by atoms with E-state index in [1.54, 1.807) is 0 Å². The molecule has 0 aromatic heterocycles. The average molecular weight is 755 g/mol. The van der Waals surface area contributed by atoms with Crippen LogP contribution in [-0.4, -0.2) is 26.4 Å². The molecule has 1 aliphatic carbocycles.